The maximum absolute atomic E-state index is 12.1. The summed E-state index contributed by atoms with van der Waals surface area (Å²) in [7, 11) is -4.31. The van der Waals surface area contributed by atoms with Crippen molar-refractivity contribution in [2.75, 3.05) is 5.73 Å². The molecule has 3 N–H and O–H groups in total. The van der Waals surface area contributed by atoms with Crippen LogP contribution >= 0.6 is 0 Å². The zero-order valence-electron chi connectivity index (χ0n) is 6.57. The van der Waals surface area contributed by atoms with Crippen LogP contribution in [0, 0.1) is 0 Å². The summed E-state index contributed by atoms with van der Waals surface area (Å²) in [6, 6.07) is 3.49. The predicted octanol–water partition coefficient (Wildman–Crippen LogP) is 0.985. The SMILES string of the molecule is Nc1cc(CF)ccc1S(=O)(=O)O. The number of alkyl halides is 1. The van der Waals surface area contributed by atoms with E-state index in [0.29, 0.717) is 0 Å². The van der Waals surface area contributed by atoms with Crippen molar-refractivity contribution < 1.29 is 17.4 Å². The van der Waals surface area contributed by atoms with Crippen LogP contribution in [0.25, 0.3) is 0 Å². The van der Waals surface area contributed by atoms with Gasteiger partial charge in [0.1, 0.15) is 11.6 Å². The molecule has 0 aromatic heterocycles. The fourth-order valence-corrected chi connectivity index (χ4v) is 1.51. The Hall–Kier alpha value is -1.14. The second kappa shape index (κ2) is 3.31. The molecule has 0 aliphatic rings. The molecular formula is C7H8FNO3S. The molecular weight excluding hydrogens is 197 g/mol. The second-order valence-electron chi connectivity index (χ2n) is 2.48. The van der Waals surface area contributed by atoms with E-state index in [1.807, 2.05) is 0 Å². The van der Waals surface area contributed by atoms with E-state index in [4.69, 9.17) is 10.3 Å². The van der Waals surface area contributed by atoms with Crippen molar-refractivity contribution in [3.63, 3.8) is 0 Å². The number of hydrogen-bond donors (Lipinski definition) is 2. The van der Waals surface area contributed by atoms with Crippen LogP contribution in [0.3, 0.4) is 0 Å². The van der Waals surface area contributed by atoms with E-state index < -0.39 is 21.7 Å². The van der Waals surface area contributed by atoms with Gasteiger partial charge in [0.25, 0.3) is 10.1 Å². The van der Waals surface area contributed by atoms with Crippen molar-refractivity contribution in [1.29, 1.82) is 0 Å². The molecule has 72 valence electrons. The van der Waals surface area contributed by atoms with Gasteiger partial charge in [-0.05, 0) is 17.7 Å². The molecule has 4 nitrogen and oxygen atoms in total. The standard InChI is InChI=1S/C7H8FNO3S/c8-4-5-1-2-7(6(9)3-5)13(10,11)12/h1-3H,4,9H2,(H,10,11,12). The third-order valence-corrected chi connectivity index (χ3v) is 2.43. The number of halogens is 1. The summed E-state index contributed by atoms with van der Waals surface area (Å²) in [5.74, 6) is 0. The molecule has 0 radical (unpaired) electrons. The first kappa shape index (κ1) is 9.94. The zero-order valence-corrected chi connectivity index (χ0v) is 7.38. The Balaban J connectivity index is 3.29. The molecule has 0 spiro atoms. The van der Waals surface area contributed by atoms with Crippen molar-refractivity contribution in [3.05, 3.63) is 23.8 Å². The van der Waals surface area contributed by atoms with E-state index in [0.717, 1.165) is 6.07 Å². The molecule has 0 bridgehead atoms. The van der Waals surface area contributed by atoms with Crippen LogP contribution in [0.5, 0.6) is 0 Å². The highest BCUT2D eigenvalue weighted by Crippen LogP contribution is 2.19. The van der Waals surface area contributed by atoms with E-state index in [1.165, 1.54) is 12.1 Å². The zero-order chi connectivity index (χ0) is 10.1. The Kier molecular flexibility index (Phi) is 2.53. The van der Waals surface area contributed by atoms with Crippen molar-refractivity contribution in [2.45, 2.75) is 11.6 Å². The van der Waals surface area contributed by atoms with Gasteiger partial charge in [0.15, 0.2) is 0 Å². The first-order chi connectivity index (χ1) is 5.95. The largest absolute Gasteiger partial charge is 0.398 e. The van der Waals surface area contributed by atoms with Crippen LogP contribution in [0.4, 0.5) is 10.1 Å². The van der Waals surface area contributed by atoms with E-state index in [9.17, 15) is 12.8 Å². The Morgan fingerprint density at radius 3 is 2.46 bits per heavy atom. The highest BCUT2D eigenvalue weighted by Gasteiger charge is 2.13. The predicted molar refractivity (Wildman–Crippen MR) is 45.5 cm³/mol. The Morgan fingerprint density at radius 1 is 1.46 bits per heavy atom. The molecule has 0 aliphatic heterocycles. The van der Waals surface area contributed by atoms with Gasteiger partial charge in [0.05, 0.1) is 5.69 Å². The molecule has 0 saturated heterocycles. The summed E-state index contributed by atoms with van der Waals surface area (Å²) < 4.78 is 42.0. The highest BCUT2D eigenvalue weighted by molar-refractivity contribution is 7.86. The molecule has 13 heavy (non-hydrogen) atoms. The van der Waals surface area contributed by atoms with Gasteiger partial charge < -0.3 is 5.73 Å². The summed E-state index contributed by atoms with van der Waals surface area (Å²) in [6.45, 7) is -0.726. The van der Waals surface area contributed by atoms with Gasteiger partial charge in [-0.2, -0.15) is 8.42 Å². The Bertz CT molecular complexity index is 416. The highest BCUT2D eigenvalue weighted by atomic mass is 32.2. The fraction of sp³-hybridized carbons (Fsp3) is 0.143. The average Bonchev–Trinajstić information content (AvgIpc) is 2.01. The monoisotopic (exact) mass is 205 g/mol. The van der Waals surface area contributed by atoms with E-state index in [1.54, 1.807) is 0 Å². The van der Waals surface area contributed by atoms with Crippen molar-refractivity contribution in [2.24, 2.45) is 0 Å². The Labute approximate surface area is 74.9 Å². The van der Waals surface area contributed by atoms with Crippen molar-refractivity contribution in [3.8, 4) is 0 Å². The lowest BCUT2D eigenvalue weighted by molar-refractivity contribution is 0.480. The summed E-state index contributed by atoms with van der Waals surface area (Å²) in [4.78, 5) is -0.398. The molecule has 0 fully saturated rings. The van der Waals surface area contributed by atoms with Crippen LogP contribution in [0.15, 0.2) is 23.1 Å². The van der Waals surface area contributed by atoms with Crippen LogP contribution in [0.2, 0.25) is 0 Å². The van der Waals surface area contributed by atoms with Gasteiger partial charge in [0, 0.05) is 0 Å². The topological polar surface area (TPSA) is 80.4 Å². The molecule has 0 aliphatic carbocycles. The lowest BCUT2D eigenvalue weighted by atomic mass is 10.2. The van der Waals surface area contributed by atoms with Crippen molar-refractivity contribution in [1.82, 2.24) is 0 Å². The number of anilines is 1. The van der Waals surface area contributed by atoms with Gasteiger partial charge in [-0.15, -0.1) is 0 Å². The number of nitrogen functional groups attached to an aromatic ring is 1. The average molecular weight is 205 g/mol. The van der Waals surface area contributed by atoms with Crippen molar-refractivity contribution >= 4 is 15.8 Å². The summed E-state index contributed by atoms with van der Waals surface area (Å²) in [5, 5.41) is 0. The minimum Gasteiger partial charge on any atom is -0.398 e. The smallest absolute Gasteiger partial charge is 0.296 e. The molecule has 1 aromatic carbocycles. The molecule has 1 aromatic rings. The van der Waals surface area contributed by atoms with Gasteiger partial charge in [-0.3, -0.25) is 4.55 Å². The number of benzene rings is 1. The molecule has 1 rings (SSSR count). The quantitative estimate of drug-likeness (QED) is 0.557. The molecule has 0 saturated carbocycles. The number of hydrogen-bond acceptors (Lipinski definition) is 3. The molecule has 0 atom stereocenters. The molecule has 0 heterocycles. The van der Waals surface area contributed by atoms with Gasteiger partial charge >= 0.3 is 0 Å². The maximum Gasteiger partial charge on any atom is 0.296 e. The number of rotatable bonds is 2. The maximum atomic E-state index is 12.1. The summed E-state index contributed by atoms with van der Waals surface area (Å²) >= 11 is 0. The summed E-state index contributed by atoms with van der Waals surface area (Å²) in [5.41, 5.74) is 5.39. The molecule has 6 heteroatoms. The van der Waals surface area contributed by atoms with E-state index in [2.05, 4.69) is 0 Å². The van der Waals surface area contributed by atoms with Crippen LogP contribution in [-0.2, 0) is 16.8 Å². The normalized spacial score (nSPS) is 11.5. The third-order valence-electron chi connectivity index (χ3n) is 1.51. The summed E-state index contributed by atoms with van der Waals surface area (Å²) in [6.07, 6.45) is 0. The van der Waals surface area contributed by atoms with E-state index >= 15 is 0 Å². The molecule has 0 amide bonds. The van der Waals surface area contributed by atoms with Crippen LogP contribution < -0.4 is 5.73 Å². The van der Waals surface area contributed by atoms with Gasteiger partial charge in [0.2, 0.25) is 0 Å². The van der Waals surface area contributed by atoms with Crippen LogP contribution in [-0.4, -0.2) is 13.0 Å². The first-order valence-corrected chi connectivity index (χ1v) is 4.81. The third kappa shape index (κ3) is 2.16. The second-order valence-corrected chi connectivity index (χ2v) is 3.87. The fourth-order valence-electron chi connectivity index (χ4n) is 0.916. The minimum atomic E-state index is -4.31. The minimum absolute atomic E-state index is 0.155. The Morgan fingerprint density at radius 2 is 2.08 bits per heavy atom. The van der Waals surface area contributed by atoms with Gasteiger partial charge in [-0.25, -0.2) is 4.39 Å². The lowest BCUT2D eigenvalue weighted by Crippen LogP contribution is -2.03. The van der Waals surface area contributed by atoms with Crippen LogP contribution in [0.1, 0.15) is 5.56 Å². The number of nitrogens with two attached hydrogens (primary N) is 1. The molecule has 0 unspecified atom stereocenters. The lowest BCUT2D eigenvalue weighted by Gasteiger charge is -2.02. The van der Waals surface area contributed by atoms with Gasteiger partial charge in [-0.1, -0.05) is 6.07 Å². The van der Waals surface area contributed by atoms with E-state index in [-0.39, 0.29) is 11.3 Å². The first-order valence-electron chi connectivity index (χ1n) is 3.37.